The number of hydrogen-bond acceptors (Lipinski definition) is 6. The molecule has 19 heavy (non-hydrogen) atoms. The standard InChI is InChI=1S/C12H19N5OS/c1-18-7-9(13)11-16-17-10(14-15-12(17)19-11)8-5-3-2-4-6-8/h8-9H,2-7,13H2,1H3. The summed E-state index contributed by atoms with van der Waals surface area (Å²) in [7, 11) is 1.65. The van der Waals surface area contributed by atoms with Gasteiger partial charge in [0.1, 0.15) is 5.01 Å². The van der Waals surface area contributed by atoms with Crippen LogP contribution >= 0.6 is 11.3 Å². The Morgan fingerprint density at radius 1 is 1.37 bits per heavy atom. The summed E-state index contributed by atoms with van der Waals surface area (Å²) in [6.45, 7) is 0.475. The van der Waals surface area contributed by atoms with E-state index >= 15 is 0 Å². The molecule has 1 unspecified atom stereocenters. The molecular weight excluding hydrogens is 262 g/mol. The summed E-state index contributed by atoms with van der Waals surface area (Å²) < 4.78 is 6.95. The molecule has 0 radical (unpaired) electrons. The van der Waals surface area contributed by atoms with E-state index in [1.165, 1.54) is 43.4 Å². The van der Waals surface area contributed by atoms with Crippen LogP contribution in [0.2, 0.25) is 0 Å². The smallest absolute Gasteiger partial charge is 0.234 e. The first-order valence-electron chi connectivity index (χ1n) is 6.76. The summed E-state index contributed by atoms with van der Waals surface area (Å²) in [4.78, 5) is 0.835. The zero-order valence-electron chi connectivity index (χ0n) is 11.1. The first-order valence-corrected chi connectivity index (χ1v) is 7.58. The Balaban J connectivity index is 1.89. The van der Waals surface area contributed by atoms with E-state index in [0.29, 0.717) is 12.5 Å². The van der Waals surface area contributed by atoms with Crippen LogP contribution in [0.1, 0.15) is 54.9 Å². The predicted octanol–water partition coefficient (Wildman–Crippen LogP) is 1.88. The Bertz CT molecular complexity index is 545. The van der Waals surface area contributed by atoms with E-state index in [9.17, 15) is 0 Å². The van der Waals surface area contributed by atoms with Crippen LogP contribution in [0.4, 0.5) is 0 Å². The molecule has 2 aromatic rings. The minimum absolute atomic E-state index is 0.184. The lowest BCUT2D eigenvalue weighted by atomic mass is 9.89. The second-order valence-electron chi connectivity index (χ2n) is 5.09. The Hall–Kier alpha value is -1.05. The van der Waals surface area contributed by atoms with Crippen molar-refractivity contribution in [2.45, 2.75) is 44.1 Å². The van der Waals surface area contributed by atoms with Crippen LogP contribution in [0.5, 0.6) is 0 Å². The number of methoxy groups -OCH3 is 1. The molecule has 0 spiro atoms. The summed E-state index contributed by atoms with van der Waals surface area (Å²) in [5.74, 6) is 1.50. The second-order valence-corrected chi connectivity index (χ2v) is 6.08. The van der Waals surface area contributed by atoms with Gasteiger partial charge in [-0.2, -0.15) is 9.61 Å². The van der Waals surface area contributed by atoms with Crippen molar-refractivity contribution in [1.82, 2.24) is 19.8 Å². The van der Waals surface area contributed by atoms with Crippen molar-refractivity contribution in [3.63, 3.8) is 0 Å². The van der Waals surface area contributed by atoms with Gasteiger partial charge >= 0.3 is 0 Å². The maximum atomic E-state index is 6.02. The lowest BCUT2D eigenvalue weighted by molar-refractivity contribution is 0.180. The number of fused-ring (bicyclic) bond motifs is 1. The average Bonchev–Trinajstić information content (AvgIpc) is 2.99. The van der Waals surface area contributed by atoms with Crippen molar-refractivity contribution in [3.8, 4) is 0 Å². The van der Waals surface area contributed by atoms with E-state index in [-0.39, 0.29) is 6.04 Å². The average molecular weight is 281 g/mol. The van der Waals surface area contributed by atoms with Crippen LogP contribution in [-0.4, -0.2) is 33.5 Å². The Kier molecular flexibility index (Phi) is 3.76. The van der Waals surface area contributed by atoms with Crippen molar-refractivity contribution >= 4 is 16.3 Å². The van der Waals surface area contributed by atoms with E-state index in [4.69, 9.17) is 10.5 Å². The molecule has 1 aliphatic carbocycles. The van der Waals surface area contributed by atoms with Gasteiger partial charge < -0.3 is 10.5 Å². The fraction of sp³-hybridized carbons (Fsp3) is 0.750. The van der Waals surface area contributed by atoms with E-state index in [2.05, 4.69) is 15.3 Å². The third-order valence-corrected chi connectivity index (χ3v) is 4.70. The molecule has 1 saturated carbocycles. The summed E-state index contributed by atoms with van der Waals surface area (Å²) in [5, 5.41) is 14.0. The molecule has 7 heteroatoms. The lowest BCUT2D eigenvalue weighted by Gasteiger charge is -2.18. The van der Waals surface area contributed by atoms with Gasteiger partial charge in [0, 0.05) is 13.0 Å². The molecule has 2 heterocycles. The summed E-state index contributed by atoms with van der Waals surface area (Å²) in [5.41, 5.74) is 6.02. The van der Waals surface area contributed by atoms with Crippen LogP contribution in [0.15, 0.2) is 0 Å². The molecule has 0 amide bonds. The fourth-order valence-electron chi connectivity index (χ4n) is 2.66. The Morgan fingerprint density at radius 2 is 2.16 bits per heavy atom. The van der Waals surface area contributed by atoms with Crippen molar-refractivity contribution < 1.29 is 4.74 Å². The lowest BCUT2D eigenvalue weighted by Crippen LogP contribution is -2.16. The number of hydrogen-bond donors (Lipinski definition) is 1. The third kappa shape index (κ3) is 2.50. The van der Waals surface area contributed by atoms with Crippen molar-refractivity contribution in [2.75, 3.05) is 13.7 Å². The van der Waals surface area contributed by atoms with Crippen LogP contribution in [-0.2, 0) is 4.74 Å². The molecule has 1 aliphatic rings. The van der Waals surface area contributed by atoms with Crippen LogP contribution < -0.4 is 5.73 Å². The molecule has 0 saturated heterocycles. The first-order chi connectivity index (χ1) is 9.29. The highest BCUT2D eigenvalue weighted by Gasteiger charge is 2.23. The molecule has 3 rings (SSSR count). The number of aromatic nitrogens is 4. The molecule has 2 N–H and O–H groups in total. The number of nitrogens with zero attached hydrogens (tertiary/aromatic N) is 4. The van der Waals surface area contributed by atoms with E-state index in [0.717, 1.165) is 15.8 Å². The van der Waals surface area contributed by atoms with Gasteiger partial charge in [-0.1, -0.05) is 30.6 Å². The van der Waals surface area contributed by atoms with E-state index < -0.39 is 0 Å². The van der Waals surface area contributed by atoms with Gasteiger partial charge in [-0.15, -0.1) is 10.2 Å². The second kappa shape index (κ2) is 5.52. The maximum absolute atomic E-state index is 6.02. The van der Waals surface area contributed by atoms with Gasteiger partial charge in [-0.05, 0) is 12.8 Å². The Morgan fingerprint density at radius 3 is 2.89 bits per heavy atom. The van der Waals surface area contributed by atoms with Gasteiger partial charge in [-0.25, -0.2) is 0 Å². The summed E-state index contributed by atoms with van der Waals surface area (Å²) >= 11 is 1.50. The van der Waals surface area contributed by atoms with E-state index in [1.54, 1.807) is 7.11 Å². The summed E-state index contributed by atoms with van der Waals surface area (Å²) in [6.07, 6.45) is 6.27. The molecule has 104 valence electrons. The number of rotatable bonds is 4. The molecule has 2 aromatic heterocycles. The minimum Gasteiger partial charge on any atom is -0.383 e. The van der Waals surface area contributed by atoms with Crippen LogP contribution in [0.25, 0.3) is 4.96 Å². The van der Waals surface area contributed by atoms with Crippen molar-refractivity contribution in [1.29, 1.82) is 0 Å². The molecule has 1 atom stereocenters. The molecule has 6 nitrogen and oxygen atoms in total. The van der Waals surface area contributed by atoms with Crippen molar-refractivity contribution in [2.24, 2.45) is 5.73 Å². The van der Waals surface area contributed by atoms with Gasteiger partial charge in [0.05, 0.1) is 12.6 Å². The number of ether oxygens (including phenoxy) is 1. The predicted molar refractivity (Wildman–Crippen MR) is 73.3 cm³/mol. The molecule has 1 fully saturated rings. The normalized spacial score (nSPS) is 19.1. The zero-order valence-corrected chi connectivity index (χ0v) is 11.9. The molecule has 0 bridgehead atoms. The van der Waals surface area contributed by atoms with Crippen LogP contribution in [0.3, 0.4) is 0 Å². The largest absolute Gasteiger partial charge is 0.383 e. The van der Waals surface area contributed by atoms with Gasteiger partial charge in [0.2, 0.25) is 4.96 Å². The highest BCUT2D eigenvalue weighted by Crippen LogP contribution is 2.32. The zero-order chi connectivity index (χ0) is 13.2. The van der Waals surface area contributed by atoms with Gasteiger partial charge in [-0.3, -0.25) is 0 Å². The first kappa shape index (κ1) is 13.0. The third-order valence-electron chi connectivity index (χ3n) is 3.66. The van der Waals surface area contributed by atoms with E-state index in [1.807, 2.05) is 4.52 Å². The topological polar surface area (TPSA) is 78.3 Å². The highest BCUT2D eigenvalue weighted by atomic mass is 32.1. The fourth-order valence-corrected chi connectivity index (χ4v) is 3.49. The van der Waals surface area contributed by atoms with Crippen molar-refractivity contribution in [3.05, 3.63) is 10.8 Å². The molecule has 0 aliphatic heterocycles. The van der Waals surface area contributed by atoms with Gasteiger partial charge in [0.25, 0.3) is 0 Å². The molecular formula is C12H19N5OS. The Labute approximate surface area is 116 Å². The highest BCUT2D eigenvalue weighted by molar-refractivity contribution is 7.16. The minimum atomic E-state index is -0.184. The monoisotopic (exact) mass is 281 g/mol. The SMILES string of the molecule is COCC(N)c1nn2c(C3CCCCC3)nnc2s1. The summed E-state index contributed by atoms with van der Waals surface area (Å²) in [6, 6.07) is -0.184. The maximum Gasteiger partial charge on any atom is 0.234 e. The quantitative estimate of drug-likeness (QED) is 0.925. The molecule has 0 aromatic carbocycles. The van der Waals surface area contributed by atoms with Gasteiger partial charge in [0.15, 0.2) is 5.82 Å². The number of nitrogens with two attached hydrogens (primary N) is 1. The van der Waals surface area contributed by atoms with Crippen LogP contribution in [0, 0.1) is 0 Å².